The summed E-state index contributed by atoms with van der Waals surface area (Å²) >= 11 is 0. The second-order valence-electron chi connectivity index (χ2n) is 4.71. The minimum absolute atomic E-state index is 0.0726. The van der Waals surface area contributed by atoms with Crippen LogP contribution in [0.15, 0.2) is 23.8 Å². The van der Waals surface area contributed by atoms with Gasteiger partial charge in [-0.25, -0.2) is 9.59 Å². The van der Waals surface area contributed by atoms with Crippen LogP contribution in [0, 0.1) is 0 Å². The molecule has 102 valence electrons. The minimum Gasteiger partial charge on any atom is -0.460 e. The van der Waals surface area contributed by atoms with E-state index in [1.807, 2.05) is 0 Å². The molecule has 0 spiro atoms. The Hall–Kier alpha value is -1.62. The Labute approximate surface area is 107 Å². The Kier molecular flexibility index (Phi) is 6.33. The molecule has 0 bridgehead atoms. The van der Waals surface area contributed by atoms with Crippen molar-refractivity contribution in [1.29, 1.82) is 0 Å². The first-order chi connectivity index (χ1) is 8.17. The van der Waals surface area contributed by atoms with Gasteiger partial charge in [0.25, 0.3) is 0 Å². The maximum absolute atomic E-state index is 11.6. The van der Waals surface area contributed by atoms with Crippen molar-refractivity contribution in [3.63, 3.8) is 0 Å². The summed E-state index contributed by atoms with van der Waals surface area (Å²) in [7, 11) is 0. The van der Waals surface area contributed by atoms with E-state index in [2.05, 4.69) is 11.3 Å². The van der Waals surface area contributed by atoms with Gasteiger partial charge in [-0.1, -0.05) is 6.58 Å². The summed E-state index contributed by atoms with van der Waals surface area (Å²) in [5.74, 6) is -1.19. The van der Waals surface area contributed by atoms with Gasteiger partial charge in [-0.15, -0.1) is 0 Å². The minimum atomic E-state index is -0.612. The molecule has 0 unspecified atom stereocenters. The molecule has 0 rings (SSSR count). The lowest BCUT2D eigenvalue weighted by molar-refractivity contribution is -0.149. The second kappa shape index (κ2) is 6.96. The standard InChI is InChI=1S/C13H20O5/c1-9(11(15)17-7-6-14)8-10(2)12(16)18-13(3,4)5/h8,14H,2,6-7H2,1,3-5H3/b9-8+. The highest BCUT2D eigenvalue weighted by Crippen LogP contribution is 2.12. The molecule has 0 aromatic rings. The predicted octanol–water partition coefficient (Wildman–Crippen LogP) is 1.37. The van der Waals surface area contributed by atoms with Crippen LogP contribution in [-0.2, 0) is 19.1 Å². The number of carbonyl (C=O) groups is 2. The molecule has 5 nitrogen and oxygen atoms in total. The first-order valence-corrected chi connectivity index (χ1v) is 5.56. The molecule has 5 heteroatoms. The normalized spacial score (nSPS) is 11.9. The summed E-state index contributed by atoms with van der Waals surface area (Å²) in [6.45, 7) is 9.93. The summed E-state index contributed by atoms with van der Waals surface area (Å²) in [5, 5.41) is 8.51. The zero-order chi connectivity index (χ0) is 14.3. The van der Waals surface area contributed by atoms with E-state index in [4.69, 9.17) is 9.84 Å². The van der Waals surface area contributed by atoms with Crippen LogP contribution in [0.3, 0.4) is 0 Å². The first-order valence-electron chi connectivity index (χ1n) is 5.56. The third kappa shape index (κ3) is 6.85. The molecule has 0 saturated carbocycles. The van der Waals surface area contributed by atoms with Crippen molar-refractivity contribution in [3.8, 4) is 0 Å². The summed E-state index contributed by atoms with van der Waals surface area (Å²) in [5.41, 5.74) is -0.318. The van der Waals surface area contributed by atoms with E-state index in [9.17, 15) is 9.59 Å². The van der Waals surface area contributed by atoms with Crippen molar-refractivity contribution in [3.05, 3.63) is 23.8 Å². The van der Waals surface area contributed by atoms with Gasteiger partial charge in [0.15, 0.2) is 0 Å². The van der Waals surface area contributed by atoms with Gasteiger partial charge < -0.3 is 14.6 Å². The van der Waals surface area contributed by atoms with Gasteiger partial charge in [-0.3, -0.25) is 0 Å². The largest absolute Gasteiger partial charge is 0.460 e. The fourth-order valence-electron chi connectivity index (χ4n) is 0.975. The Balaban J connectivity index is 4.53. The number of ether oxygens (including phenoxy) is 2. The highest BCUT2D eigenvalue weighted by Gasteiger charge is 2.18. The number of hydrogen-bond donors (Lipinski definition) is 1. The van der Waals surface area contributed by atoms with Crippen LogP contribution in [-0.4, -0.2) is 35.9 Å². The molecule has 0 aliphatic carbocycles. The van der Waals surface area contributed by atoms with Crippen molar-refractivity contribution < 1.29 is 24.2 Å². The van der Waals surface area contributed by atoms with Crippen LogP contribution >= 0.6 is 0 Å². The number of hydrogen-bond acceptors (Lipinski definition) is 5. The van der Waals surface area contributed by atoms with Crippen molar-refractivity contribution in [2.75, 3.05) is 13.2 Å². The fourth-order valence-corrected chi connectivity index (χ4v) is 0.975. The van der Waals surface area contributed by atoms with Gasteiger partial charge in [0, 0.05) is 5.57 Å². The Morgan fingerprint density at radius 3 is 2.28 bits per heavy atom. The zero-order valence-corrected chi connectivity index (χ0v) is 11.3. The van der Waals surface area contributed by atoms with E-state index >= 15 is 0 Å². The van der Waals surface area contributed by atoms with Gasteiger partial charge in [0.05, 0.1) is 12.2 Å². The van der Waals surface area contributed by atoms with E-state index in [0.29, 0.717) is 0 Å². The van der Waals surface area contributed by atoms with Gasteiger partial charge in [-0.2, -0.15) is 0 Å². The predicted molar refractivity (Wildman–Crippen MR) is 66.8 cm³/mol. The highest BCUT2D eigenvalue weighted by atomic mass is 16.6. The van der Waals surface area contributed by atoms with Crippen molar-refractivity contribution in [2.24, 2.45) is 0 Å². The summed E-state index contributed by atoms with van der Waals surface area (Å²) in [6.07, 6.45) is 1.30. The smallest absolute Gasteiger partial charge is 0.338 e. The molecule has 18 heavy (non-hydrogen) atoms. The average molecular weight is 256 g/mol. The van der Waals surface area contributed by atoms with E-state index < -0.39 is 17.5 Å². The monoisotopic (exact) mass is 256 g/mol. The van der Waals surface area contributed by atoms with Crippen LogP contribution in [0.5, 0.6) is 0 Å². The van der Waals surface area contributed by atoms with E-state index in [1.54, 1.807) is 20.8 Å². The molecular weight excluding hydrogens is 236 g/mol. The van der Waals surface area contributed by atoms with E-state index in [0.717, 1.165) is 0 Å². The fraction of sp³-hybridized carbons (Fsp3) is 0.538. The first kappa shape index (κ1) is 16.4. The van der Waals surface area contributed by atoms with E-state index in [-0.39, 0.29) is 24.4 Å². The number of aliphatic hydroxyl groups is 1. The molecule has 0 radical (unpaired) electrons. The highest BCUT2D eigenvalue weighted by molar-refractivity contribution is 5.95. The van der Waals surface area contributed by atoms with Gasteiger partial charge in [-0.05, 0) is 33.8 Å². The second-order valence-corrected chi connectivity index (χ2v) is 4.71. The van der Waals surface area contributed by atoms with Crippen LogP contribution in [0.1, 0.15) is 27.7 Å². The molecule has 0 fully saturated rings. The van der Waals surface area contributed by atoms with Crippen molar-refractivity contribution >= 4 is 11.9 Å². The maximum Gasteiger partial charge on any atom is 0.338 e. The Morgan fingerprint density at radius 1 is 1.28 bits per heavy atom. The molecule has 0 aromatic carbocycles. The quantitative estimate of drug-likeness (QED) is 0.457. The molecule has 0 atom stereocenters. The van der Waals surface area contributed by atoms with Crippen LogP contribution in [0.4, 0.5) is 0 Å². The van der Waals surface area contributed by atoms with E-state index in [1.165, 1.54) is 13.0 Å². The number of aliphatic hydroxyl groups excluding tert-OH is 1. The third-order valence-electron chi connectivity index (χ3n) is 1.70. The van der Waals surface area contributed by atoms with Crippen LogP contribution in [0.2, 0.25) is 0 Å². The lowest BCUT2D eigenvalue weighted by Gasteiger charge is -2.19. The molecule has 0 amide bonds. The number of rotatable bonds is 5. The summed E-state index contributed by atoms with van der Waals surface area (Å²) in [6, 6.07) is 0. The van der Waals surface area contributed by atoms with Crippen molar-refractivity contribution in [2.45, 2.75) is 33.3 Å². The lowest BCUT2D eigenvalue weighted by Crippen LogP contribution is -2.24. The van der Waals surface area contributed by atoms with Crippen molar-refractivity contribution in [1.82, 2.24) is 0 Å². The van der Waals surface area contributed by atoms with Gasteiger partial charge >= 0.3 is 11.9 Å². The molecular formula is C13H20O5. The summed E-state index contributed by atoms with van der Waals surface area (Å²) < 4.78 is 9.77. The zero-order valence-electron chi connectivity index (χ0n) is 11.3. The number of esters is 2. The molecule has 0 aromatic heterocycles. The summed E-state index contributed by atoms with van der Waals surface area (Å²) in [4.78, 5) is 22.9. The third-order valence-corrected chi connectivity index (χ3v) is 1.70. The molecule has 1 N–H and O–H groups in total. The van der Waals surface area contributed by atoms with Gasteiger partial charge in [0.1, 0.15) is 12.2 Å². The SMILES string of the molecule is C=C(/C=C(\C)C(=O)OCCO)C(=O)OC(C)(C)C. The average Bonchev–Trinajstić information content (AvgIpc) is 2.23. The maximum atomic E-state index is 11.6. The Morgan fingerprint density at radius 2 is 1.83 bits per heavy atom. The van der Waals surface area contributed by atoms with Crippen LogP contribution in [0.25, 0.3) is 0 Å². The topological polar surface area (TPSA) is 72.8 Å². The van der Waals surface area contributed by atoms with Gasteiger partial charge in [0.2, 0.25) is 0 Å². The number of carbonyl (C=O) groups excluding carboxylic acids is 2. The lowest BCUT2D eigenvalue weighted by atomic mass is 10.1. The molecule has 0 aliphatic rings. The molecule has 0 heterocycles. The Bertz CT molecular complexity index is 360. The molecule has 0 saturated heterocycles. The van der Waals surface area contributed by atoms with Crippen LogP contribution < -0.4 is 0 Å². The molecule has 0 aliphatic heterocycles.